The zero-order valence-electron chi connectivity index (χ0n) is 16.7. The Morgan fingerprint density at radius 1 is 1.10 bits per heavy atom. The Morgan fingerprint density at radius 2 is 1.87 bits per heavy atom. The molecular formula is C22H26FN5O2. The van der Waals surface area contributed by atoms with E-state index in [9.17, 15) is 14.0 Å². The maximum atomic E-state index is 13.0. The lowest BCUT2D eigenvalue weighted by Crippen LogP contribution is -2.49. The maximum absolute atomic E-state index is 13.0. The van der Waals surface area contributed by atoms with E-state index in [0.717, 1.165) is 11.3 Å². The molecule has 2 fully saturated rings. The summed E-state index contributed by atoms with van der Waals surface area (Å²) in [5, 5.41) is 2.92. The van der Waals surface area contributed by atoms with Crippen molar-refractivity contribution < 1.29 is 14.0 Å². The molecule has 0 saturated carbocycles. The van der Waals surface area contributed by atoms with Gasteiger partial charge in [0.2, 0.25) is 11.8 Å². The molecule has 8 heteroatoms. The number of hydrogen-bond donors (Lipinski definition) is 3. The van der Waals surface area contributed by atoms with Crippen molar-refractivity contribution in [2.24, 2.45) is 5.92 Å². The van der Waals surface area contributed by atoms with Crippen molar-refractivity contribution in [3.8, 4) is 0 Å². The number of likely N-dealkylation sites (tertiary alicyclic amines) is 1. The second-order valence-electron chi connectivity index (χ2n) is 7.83. The highest BCUT2D eigenvalue weighted by molar-refractivity contribution is 5.83. The van der Waals surface area contributed by atoms with Gasteiger partial charge >= 0.3 is 0 Å². The molecule has 2 amide bonds. The van der Waals surface area contributed by atoms with Crippen LogP contribution in [-0.4, -0.2) is 40.8 Å². The monoisotopic (exact) mass is 411 g/mol. The second kappa shape index (κ2) is 9.32. The van der Waals surface area contributed by atoms with E-state index in [4.69, 9.17) is 0 Å². The number of halogens is 1. The summed E-state index contributed by atoms with van der Waals surface area (Å²) in [6, 6.07) is 11.6. The summed E-state index contributed by atoms with van der Waals surface area (Å²) >= 11 is 0. The summed E-state index contributed by atoms with van der Waals surface area (Å²) in [6.07, 6.45) is 3.68. The number of rotatable bonds is 5. The number of piperidine rings is 1. The molecule has 2 aliphatic rings. The number of benzene rings is 1. The van der Waals surface area contributed by atoms with E-state index in [1.165, 1.54) is 12.1 Å². The number of carbonyl (C=O) groups excluding carboxylic acids is 2. The van der Waals surface area contributed by atoms with Crippen molar-refractivity contribution in [3.05, 3.63) is 65.7 Å². The minimum atomic E-state index is -0.291. The Balaban J connectivity index is 1.22. The van der Waals surface area contributed by atoms with Crippen LogP contribution in [0.3, 0.4) is 0 Å². The molecule has 2 aromatic rings. The van der Waals surface area contributed by atoms with E-state index in [1.54, 1.807) is 18.3 Å². The molecule has 3 heterocycles. The molecule has 1 aromatic heterocycles. The standard InChI is InChI=1S/C22H26FN5O2/c23-17-6-4-15(5-7-17)14-25-21(29)16-8-11-28(12-9-16)22(30)20-13-19(26-27-20)18-3-1-2-10-24-18/h1-7,10,16,19-20,26-27H,8-9,11-14H2,(H,25,29). The predicted molar refractivity (Wildman–Crippen MR) is 109 cm³/mol. The third-order valence-corrected chi connectivity index (χ3v) is 5.80. The molecule has 0 radical (unpaired) electrons. The lowest BCUT2D eigenvalue weighted by molar-refractivity contribution is -0.137. The molecule has 30 heavy (non-hydrogen) atoms. The van der Waals surface area contributed by atoms with Gasteiger partial charge in [0, 0.05) is 31.7 Å². The van der Waals surface area contributed by atoms with Crippen LogP contribution in [0, 0.1) is 11.7 Å². The van der Waals surface area contributed by atoms with Crippen LogP contribution in [0.4, 0.5) is 4.39 Å². The first-order valence-corrected chi connectivity index (χ1v) is 10.3. The van der Waals surface area contributed by atoms with Gasteiger partial charge in [0.05, 0.1) is 11.7 Å². The molecule has 2 unspecified atom stereocenters. The van der Waals surface area contributed by atoms with Gasteiger partial charge in [-0.25, -0.2) is 15.2 Å². The molecule has 0 aliphatic carbocycles. The fraction of sp³-hybridized carbons (Fsp3) is 0.409. The van der Waals surface area contributed by atoms with Crippen LogP contribution in [0.15, 0.2) is 48.7 Å². The first-order chi connectivity index (χ1) is 14.6. The number of hydrogen-bond acceptors (Lipinski definition) is 5. The Morgan fingerprint density at radius 3 is 2.57 bits per heavy atom. The zero-order valence-corrected chi connectivity index (χ0v) is 16.7. The van der Waals surface area contributed by atoms with Gasteiger partial charge in [-0.2, -0.15) is 0 Å². The first kappa shape index (κ1) is 20.4. The van der Waals surface area contributed by atoms with Crippen LogP contribution in [-0.2, 0) is 16.1 Å². The van der Waals surface area contributed by atoms with Crippen molar-refractivity contribution in [1.29, 1.82) is 0 Å². The van der Waals surface area contributed by atoms with E-state index >= 15 is 0 Å². The minimum Gasteiger partial charge on any atom is -0.352 e. The molecule has 3 N–H and O–H groups in total. The number of pyridine rings is 1. The third-order valence-electron chi connectivity index (χ3n) is 5.80. The van der Waals surface area contributed by atoms with Crippen molar-refractivity contribution in [3.63, 3.8) is 0 Å². The van der Waals surface area contributed by atoms with E-state index in [1.807, 2.05) is 23.1 Å². The fourth-order valence-corrected chi connectivity index (χ4v) is 4.01. The molecule has 0 spiro atoms. The Kier molecular flexibility index (Phi) is 6.35. The zero-order chi connectivity index (χ0) is 20.9. The molecule has 0 bridgehead atoms. The summed E-state index contributed by atoms with van der Waals surface area (Å²) in [5.41, 5.74) is 8.02. The van der Waals surface area contributed by atoms with Crippen LogP contribution in [0.1, 0.15) is 36.6 Å². The smallest absolute Gasteiger partial charge is 0.241 e. The largest absolute Gasteiger partial charge is 0.352 e. The number of nitrogens with zero attached hydrogens (tertiary/aromatic N) is 2. The van der Waals surface area contributed by atoms with Crippen LogP contribution in [0.25, 0.3) is 0 Å². The lowest BCUT2D eigenvalue weighted by atomic mass is 9.95. The molecule has 7 nitrogen and oxygen atoms in total. The second-order valence-corrected chi connectivity index (χ2v) is 7.83. The lowest BCUT2D eigenvalue weighted by Gasteiger charge is -2.32. The molecule has 2 atom stereocenters. The first-order valence-electron chi connectivity index (χ1n) is 10.3. The topological polar surface area (TPSA) is 86.4 Å². The average Bonchev–Trinajstić information content (AvgIpc) is 3.29. The number of carbonyl (C=O) groups is 2. The van der Waals surface area contributed by atoms with Gasteiger partial charge < -0.3 is 10.2 Å². The summed E-state index contributed by atoms with van der Waals surface area (Å²) in [7, 11) is 0. The Bertz CT molecular complexity index is 869. The van der Waals surface area contributed by atoms with Crippen molar-refractivity contribution in [1.82, 2.24) is 26.1 Å². The molecule has 1 aromatic carbocycles. The average molecular weight is 411 g/mol. The molecular weight excluding hydrogens is 385 g/mol. The predicted octanol–water partition coefficient (Wildman–Crippen LogP) is 1.68. The molecule has 158 valence electrons. The van der Waals surface area contributed by atoms with Gasteiger partial charge in [-0.15, -0.1) is 0 Å². The number of hydrazine groups is 1. The fourth-order valence-electron chi connectivity index (χ4n) is 4.01. The third kappa shape index (κ3) is 4.83. The van der Waals surface area contributed by atoms with Gasteiger partial charge in [-0.05, 0) is 49.1 Å². The number of nitrogens with one attached hydrogen (secondary N) is 3. The number of amides is 2. The quantitative estimate of drug-likeness (QED) is 0.697. The van der Waals surface area contributed by atoms with Crippen molar-refractivity contribution in [2.75, 3.05) is 13.1 Å². The minimum absolute atomic E-state index is 0.00919. The molecule has 2 aliphatic heterocycles. The van der Waals surface area contributed by atoms with E-state index in [-0.39, 0.29) is 35.6 Å². The summed E-state index contributed by atoms with van der Waals surface area (Å²) in [6.45, 7) is 1.52. The highest BCUT2D eigenvalue weighted by atomic mass is 19.1. The van der Waals surface area contributed by atoms with Gasteiger partial charge in [0.15, 0.2) is 0 Å². The maximum Gasteiger partial charge on any atom is 0.241 e. The Hall–Kier alpha value is -2.84. The molecule has 2 saturated heterocycles. The van der Waals surface area contributed by atoms with Crippen molar-refractivity contribution in [2.45, 2.75) is 37.9 Å². The van der Waals surface area contributed by atoms with Crippen LogP contribution >= 0.6 is 0 Å². The van der Waals surface area contributed by atoms with Gasteiger partial charge in [-0.1, -0.05) is 18.2 Å². The normalized spacial score (nSPS) is 22.1. The SMILES string of the molecule is O=C(NCc1ccc(F)cc1)C1CCN(C(=O)C2CC(c3ccccn3)NN2)CC1. The van der Waals surface area contributed by atoms with E-state index < -0.39 is 0 Å². The van der Waals surface area contributed by atoms with E-state index in [0.29, 0.717) is 38.9 Å². The molecule has 4 rings (SSSR count). The number of aromatic nitrogens is 1. The van der Waals surface area contributed by atoms with Crippen molar-refractivity contribution >= 4 is 11.8 Å². The van der Waals surface area contributed by atoms with Gasteiger partial charge in [-0.3, -0.25) is 14.6 Å². The summed E-state index contributed by atoms with van der Waals surface area (Å²) < 4.78 is 13.0. The highest BCUT2D eigenvalue weighted by Gasteiger charge is 2.35. The van der Waals surface area contributed by atoms with Gasteiger partial charge in [0.25, 0.3) is 0 Å². The highest BCUT2D eigenvalue weighted by Crippen LogP contribution is 2.24. The van der Waals surface area contributed by atoms with E-state index in [2.05, 4.69) is 21.2 Å². The van der Waals surface area contributed by atoms with Gasteiger partial charge in [0.1, 0.15) is 11.9 Å². The van der Waals surface area contributed by atoms with Crippen LogP contribution in [0.2, 0.25) is 0 Å². The summed E-state index contributed by atoms with van der Waals surface area (Å²) in [4.78, 5) is 31.5. The van der Waals surface area contributed by atoms with Crippen LogP contribution < -0.4 is 16.2 Å². The Labute approximate surface area is 175 Å². The van der Waals surface area contributed by atoms with Crippen LogP contribution in [0.5, 0.6) is 0 Å². The summed E-state index contributed by atoms with van der Waals surface area (Å²) in [5.74, 6) is -0.348.